The summed E-state index contributed by atoms with van der Waals surface area (Å²) >= 11 is 0. The predicted octanol–water partition coefficient (Wildman–Crippen LogP) is -6.43. The predicted molar refractivity (Wildman–Crippen MR) is 82.6 cm³/mol. The van der Waals surface area contributed by atoms with E-state index in [2.05, 4.69) is 46.4 Å². The highest BCUT2D eigenvalue weighted by Gasteiger charge is 2.24. The normalized spacial score (nSPS) is 9.82. The maximum atomic E-state index is 2.35. The molecule has 0 fully saturated rings. The quantitative estimate of drug-likeness (QED) is 0.278. The first-order valence-corrected chi connectivity index (χ1v) is 5.86. The Bertz CT molecular complexity index is 87.0. The van der Waals surface area contributed by atoms with Gasteiger partial charge in [-0.2, -0.15) is 0 Å². The lowest BCUT2D eigenvalue weighted by Gasteiger charge is -2.20. The number of rotatable bonds is 4. The molecule has 11 heteroatoms. The van der Waals surface area contributed by atoms with Crippen molar-refractivity contribution >= 4 is 80.0 Å². The average Bonchev–Trinajstić information content (AvgIpc) is 1.81. The van der Waals surface area contributed by atoms with E-state index in [9.17, 15) is 0 Å². The minimum Gasteiger partial charge on any atom is -0.220 e. The molecule has 48 valence electrons. The standard InChI is InChI=1S/B10H13P/c1-7(2)10(8(3)4)11-9(5)6/h11H,1-6H2. The molecule has 0 aliphatic carbocycles. The molecule has 0 radical (unpaired) electrons. The highest BCUT2D eigenvalue weighted by Crippen LogP contribution is 2.16. The number of hydrogen-bond acceptors (Lipinski definition) is 0. The summed E-state index contributed by atoms with van der Waals surface area (Å²) in [4.78, 5) is 0. The summed E-state index contributed by atoms with van der Waals surface area (Å²) in [6, 6.07) is 0. The molecular formula is H13B10P. The van der Waals surface area contributed by atoms with Gasteiger partial charge < -0.3 is 0 Å². The Hall–Kier alpha value is 1.08. The third kappa shape index (κ3) is 5.34. The lowest BCUT2D eigenvalue weighted by Crippen LogP contribution is -2.49. The third-order valence-electron chi connectivity index (χ3n) is 1.96. The van der Waals surface area contributed by atoms with Crippen LogP contribution in [0, 0.1) is 0 Å². The van der Waals surface area contributed by atoms with Gasteiger partial charge in [-0.15, -0.1) is 0 Å². The van der Waals surface area contributed by atoms with Crippen LogP contribution in [0.25, 0.3) is 0 Å². The Morgan fingerprint density at radius 1 is 0.727 bits per heavy atom. The SMILES string of the molecule is BB(B)PB(B(B)B)B(B)B. The second kappa shape index (κ2) is 5.68. The second-order valence-electron chi connectivity index (χ2n) is 4.34. The van der Waals surface area contributed by atoms with Crippen LogP contribution in [-0.2, 0) is 0 Å². The summed E-state index contributed by atoms with van der Waals surface area (Å²) in [7, 11) is 15.2. The van der Waals surface area contributed by atoms with Crippen molar-refractivity contribution in [2.75, 3.05) is 0 Å². The lowest BCUT2D eigenvalue weighted by atomic mass is 8.80. The van der Waals surface area contributed by atoms with Gasteiger partial charge >= 0.3 is 0 Å². The molecule has 1 atom stereocenters. The minimum absolute atomic E-state index is 0.857. The van der Waals surface area contributed by atoms with Crippen molar-refractivity contribution in [1.29, 1.82) is 0 Å². The highest BCUT2D eigenvalue weighted by molar-refractivity contribution is 8.26. The van der Waals surface area contributed by atoms with Crippen LogP contribution >= 0.6 is 8.34 Å². The molecule has 0 nitrogen and oxygen atoms in total. The van der Waals surface area contributed by atoms with Gasteiger partial charge in [-0.1, -0.05) is 0 Å². The van der Waals surface area contributed by atoms with Gasteiger partial charge in [-0.25, -0.2) is 8.34 Å². The van der Waals surface area contributed by atoms with Crippen LogP contribution in [0.15, 0.2) is 0 Å². The van der Waals surface area contributed by atoms with Crippen LogP contribution in [0.3, 0.4) is 0 Å². The summed E-state index contributed by atoms with van der Waals surface area (Å²) in [5, 5.41) is 0. The maximum Gasteiger partial charge on any atom is 0.0798 e. The van der Waals surface area contributed by atoms with Crippen LogP contribution in [0.1, 0.15) is 0 Å². The van der Waals surface area contributed by atoms with E-state index in [1.54, 1.807) is 0 Å². The molecule has 0 amide bonds. The summed E-state index contributed by atoms with van der Waals surface area (Å²) in [5.41, 5.74) is 0. The molecule has 0 spiro atoms. The van der Waals surface area contributed by atoms with Crippen molar-refractivity contribution in [3.05, 3.63) is 0 Å². The van der Waals surface area contributed by atoms with Gasteiger partial charge in [0.1, 0.15) is 0 Å². The van der Waals surface area contributed by atoms with Gasteiger partial charge in [0.2, 0.25) is 0 Å². The van der Waals surface area contributed by atoms with E-state index >= 15 is 0 Å². The summed E-state index contributed by atoms with van der Waals surface area (Å²) in [5.74, 6) is 0. The molecule has 0 bridgehead atoms. The largest absolute Gasteiger partial charge is 0.220 e. The lowest BCUT2D eigenvalue weighted by molar-refractivity contribution is 3.64. The zero-order valence-corrected chi connectivity index (χ0v) is 9.81. The highest BCUT2D eigenvalue weighted by atomic mass is 31.1. The van der Waals surface area contributed by atoms with Crippen molar-refractivity contribution in [2.45, 2.75) is 0 Å². The zero-order chi connectivity index (χ0) is 9.02. The Morgan fingerprint density at radius 3 is 1.18 bits per heavy atom. The van der Waals surface area contributed by atoms with Gasteiger partial charge in [-0.05, 0) is 0 Å². The Kier molecular flexibility index (Phi) is 6.24. The molecule has 0 saturated carbocycles. The van der Waals surface area contributed by atoms with E-state index in [-0.39, 0.29) is 0 Å². The molecule has 1 unspecified atom stereocenters. The van der Waals surface area contributed by atoms with Crippen LogP contribution in [0.4, 0.5) is 0 Å². The van der Waals surface area contributed by atoms with Crippen LogP contribution in [0.5, 0.6) is 0 Å². The molecule has 0 rings (SSSR count). The van der Waals surface area contributed by atoms with Crippen molar-refractivity contribution in [2.24, 2.45) is 0 Å². The summed E-state index contributed by atoms with van der Waals surface area (Å²) in [6.07, 6.45) is 3.53. The molecule has 0 N–H and O–H groups in total. The van der Waals surface area contributed by atoms with Gasteiger partial charge in [0.25, 0.3) is 0 Å². The molecular weight excluding hydrogens is 139 g/mol. The number of hydrogen-bond donors (Lipinski definition) is 0. The molecule has 0 aromatic carbocycles. The van der Waals surface area contributed by atoms with Crippen molar-refractivity contribution in [1.82, 2.24) is 0 Å². The minimum atomic E-state index is 0.857. The zero-order valence-electron chi connectivity index (χ0n) is 8.81. The fourth-order valence-electron chi connectivity index (χ4n) is 1.54. The van der Waals surface area contributed by atoms with E-state index in [0.29, 0.717) is 0 Å². The van der Waals surface area contributed by atoms with E-state index < -0.39 is 0 Å². The van der Waals surface area contributed by atoms with E-state index in [0.717, 1.165) is 33.5 Å². The molecule has 0 aliphatic rings. The van der Waals surface area contributed by atoms with Gasteiger partial charge in [-0.3, -0.25) is 0 Å². The fraction of sp³-hybridized carbons (Fsp3) is 0. The monoisotopic (exact) mass is 154 g/mol. The maximum absolute atomic E-state index is 2.35. The van der Waals surface area contributed by atoms with Crippen molar-refractivity contribution < 1.29 is 0 Å². The van der Waals surface area contributed by atoms with E-state index in [4.69, 9.17) is 0 Å². The molecule has 0 aromatic rings. The molecule has 0 aliphatic heterocycles. The Morgan fingerprint density at radius 2 is 1.09 bits per heavy atom. The fourth-order valence-corrected chi connectivity index (χ4v) is 3.08. The first-order valence-electron chi connectivity index (χ1n) is 4.71. The van der Waals surface area contributed by atoms with Crippen LogP contribution in [-0.4, -0.2) is 71.6 Å². The second-order valence-corrected chi connectivity index (χ2v) is 6.49. The van der Waals surface area contributed by atoms with Gasteiger partial charge in [0.05, 0.1) is 58.9 Å². The van der Waals surface area contributed by atoms with Crippen LogP contribution < -0.4 is 0 Å². The van der Waals surface area contributed by atoms with Crippen molar-refractivity contribution in [3.63, 3.8) is 0 Å². The first-order chi connectivity index (χ1) is 4.95. The first kappa shape index (κ1) is 12.1. The van der Waals surface area contributed by atoms with Gasteiger partial charge in [0, 0.05) is 12.8 Å². The molecule has 0 aromatic heterocycles. The summed E-state index contributed by atoms with van der Waals surface area (Å²) < 4.78 is 0. The van der Waals surface area contributed by atoms with E-state index in [1.807, 2.05) is 0 Å². The van der Waals surface area contributed by atoms with Crippen LogP contribution in [0.2, 0.25) is 0 Å². The Balaban J connectivity index is 3.90. The topological polar surface area (TPSA) is 0 Å². The molecule has 0 heterocycles. The smallest absolute Gasteiger partial charge is 0.0798 e. The van der Waals surface area contributed by atoms with E-state index in [1.165, 1.54) is 0 Å². The van der Waals surface area contributed by atoms with Gasteiger partial charge in [0.15, 0.2) is 0 Å². The Labute approximate surface area is 80.3 Å². The van der Waals surface area contributed by atoms with Crippen molar-refractivity contribution in [3.8, 4) is 0 Å². The third-order valence-corrected chi connectivity index (χ3v) is 4.35. The summed E-state index contributed by atoms with van der Waals surface area (Å²) in [6.45, 7) is 0. The average molecular weight is 152 g/mol. The molecule has 11 heavy (non-hydrogen) atoms. The molecule has 0 saturated heterocycles.